The van der Waals surface area contributed by atoms with Crippen LogP contribution in [-0.2, 0) is 18.5 Å². The van der Waals surface area contributed by atoms with Crippen LogP contribution in [0.1, 0.15) is 41.5 Å². The van der Waals surface area contributed by atoms with Crippen molar-refractivity contribution < 1.29 is 56.4 Å². The summed E-state index contributed by atoms with van der Waals surface area (Å²) in [6, 6.07) is 0. The van der Waals surface area contributed by atoms with Gasteiger partial charge in [0.25, 0.3) is 0 Å². The molecule has 0 aromatic rings. The van der Waals surface area contributed by atoms with Crippen molar-refractivity contribution in [2.45, 2.75) is 69.6 Å². The molecule has 30 heavy (non-hydrogen) atoms. The number of Topliss-reactive ketones (excluding diaryl/α,β-unsaturated/α-hetero) is 1. The highest BCUT2D eigenvalue weighted by Crippen LogP contribution is 2.62. The predicted molar refractivity (Wildman–Crippen MR) is 93.5 cm³/mol. The average Bonchev–Trinajstić information content (AvgIpc) is 2.42. The molecule has 0 saturated carbocycles. The fraction of sp³-hybridized carbons (Fsp3) is 0.933. The van der Waals surface area contributed by atoms with Crippen molar-refractivity contribution in [1.82, 2.24) is 0 Å². The molecule has 1 atom stereocenters. The fourth-order valence-corrected chi connectivity index (χ4v) is 6.31. The number of alkyl halides is 9. The van der Waals surface area contributed by atoms with Crippen LogP contribution >= 0.6 is 10.3 Å². The SMILES string of the molecule is CC(C)(C)C(=O)CS(C)(OS(=O)(=O)C(F)(F)C(F)(F)C(F)(F)C(F)(F)F)C(C)(C)C. The van der Waals surface area contributed by atoms with Crippen LogP contribution in [-0.4, -0.2) is 54.2 Å². The molecule has 15 heteroatoms. The summed E-state index contributed by atoms with van der Waals surface area (Å²) in [6.07, 6.45) is -6.33. The number of carbonyl (C=O) groups is 1. The van der Waals surface area contributed by atoms with Crippen molar-refractivity contribution >= 4 is 26.2 Å². The summed E-state index contributed by atoms with van der Waals surface area (Å²) in [6.45, 7) is 7.73. The molecule has 0 saturated heterocycles. The van der Waals surface area contributed by atoms with E-state index in [1.807, 2.05) is 0 Å². The molecule has 0 bridgehead atoms. The smallest absolute Gasteiger partial charge is 0.298 e. The fourth-order valence-electron chi connectivity index (χ4n) is 1.57. The van der Waals surface area contributed by atoms with Crippen LogP contribution < -0.4 is 0 Å². The van der Waals surface area contributed by atoms with Gasteiger partial charge >= 0.3 is 33.4 Å². The average molecular weight is 502 g/mol. The van der Waals surface area contributed by atoms with E-state index >= 15 is 0 Å². The predicted octanol–water partition coefficient (Wildman–Crippen LogP) is 5.52. The minimum atomic E-state index is -7.40. The van der Waals surface area contributed by atoms with Gasteiger partial charge in [-0.05, 0) is 6.26 Å². The maximum atomic E-state index is 14.0. The number of hydrogen-bond acceptors (Lipinski definition) is 4. The molecule has 4 nitrogen and oxygen atoms in total. The van der Waals surface area contributed by atoms with Crippen molar-refractivity contribution in [3.63, 3.8) is 0 Å². The molecular weight excluding hydrogens is 479 g/mol. The van der Waals surface area contributed by atoms with Crippen LogP contribution in [0.4, 0.5) is 39.5 Å². The number of carbonyl (C=O) groups excluding carboxylic acids is 1. The zero-order valence-corrected chi connectivity index (χ0v) is 18.7. The normalized spacial score (nSPS) is 18.7. The largest absolute Gasteiger partial charge is 0.460 e. The minimum Gasteiger partial charge on any atom is -0.298 e. The van der Waals surface area contributed by atoms with Crippen molar-refractivity contribution in [3.05, 3.63) is 0 Å². The van der Waals surface area contributed by atoms with Crippen molar-refractivity contribution in [2.75, 3.05) is 12.0 Å². The molecular formula is C15H23F9O4S2. The molecule has 1 unspecified atom stereocenters. The van der Waals surface area contributed by atoms with Crippen LogP contribution in [0.25, 0.3) is 0 Å². The van der Waals surface area contributed by atoms with Gasteiger partial charge in [0.05, 0.1) is 5.75 Å². The van der Waals surface area contributed by atoms with E-state index in [1.54, 1.807) is 0 Å². The van der Waals surface area contributed by atoms with Gasteiger partial charge in [-0.15, -0.1) is 10.3 Å². The lowest BCUT2D eigenvalue weighted by Crippen LogP contribution is -2.63. The first kappa shape index (κ1) is 29.3. The highest BCUT2D eigenvalue weighted by molar-refractivity contribution is 8.34. The molecule has 0 amide bonds. The third-order valence-electron chi connectivity index (χ3n) is 4.21. The lowest BCUT2D eigenvalue weighted by molar-refractivity contribution is -0.382. The summed E-state index contributed by atoms with van der Waals surface area (Å²) in [4.78, 5) is 12.3. The molecule has 0 aromatic carbocycles. The molecule has 0 spiro atoms. The lowest BCUT2D eigenvalue weighted by Gasteiger charge is -2.47. The van der Waals surface area contributed by atoms with E-state index in [9.17, 15) is 52.7 Å². The number of ketones is 1. The summed E-state index contributed by atoms with van der Waals surface area (Å²) >= 11 is 0. The first-order chi connectivity index (χ1) is 12.6. The third-order valence-corrected chi connectivity index (χ3v) is 10.4. The summed E-state index contributed by atoms with van der Waals surface area (Å²) in [7, 11) is -10.7. The molecule has 0 N–H and O–H groups in total. The highest BCUT2D eigenvalue weighted by Gasteiger charge is 2.86. The van der Waals surface area contributed by atoms with Gasteiger partial charge in [-0.3, -0.25) is 4.79 Å². The Morgan fingerprint density at radius 3 is 1.40 bits per heavy atom. The number of rotatable bonds is 7. The van der Waals surface area contributed by atoms with E-state index in [-0.39, 0.29) is 0 Å². The summed E-state index contributed by atoms with van der Waals surface area (Å²) < 4.78 is 144. The highest BCUT2D eigenvalue weighted by atomic mass is 32.3. The standard InChI is InChI=1S/C15H23F9O4S2/c1-10(2,3)9(25)8-29(7,11(4,5)6)28-30(26,27)15(23,24)13(18,19)12(16,17)14(20,21)22/h8H2,1-7H3. The summed E-state index contributed by atoms with van der Waals surface area (Å²) in [5, 5.41) is -6.97. The monoisotopic (exact) mass is 502 g/mol. The second-order valence-corrected chi connectivity index (χ2v) is 14.1. The lowest BCUT2D eigenvalue weighted by atomic mass is 9.92. The molecule has 0 fully saturated rings. The van der Waals surface area contributed by atoms with E-state index in [4.69, 9.17) is 0 Å². The van der Waals surface area contributed by atoms with Crippen LogP contribution in [0, 0.1) is 5.41 Å². The van der Waals surface area contributed by atoms with Crippen LogP contribution in [0.3, 0.4) is 0 Å². The van der Waals surface area contributed by atoms with Gasteiger partial charge in [0.1, 0.15) is 5.78 Å². The molecule has 0 radical (unpaired) electrons. The summed E-state index contributed by atoms with van der Waals surface area (Å²) in [5.41, 5.74) is -1.15. The number of hydrogen-bond donors (Lipinski definition) is 0. The van der Waals surface area contributed by atoms with Crippen LogP contribution in [0.2, 0.25) is 0 Å². The maximum absolute atomic E-state index is 14.0. The van der Waals surface area contributed by atoms with Crippen molar-refractivity contribution in [3.8, 4) is 0 Å². The van der Waals surface area contributed by atoms with E-state index < -0.39 is 65.4 Å². The van der Waals surface area contributed by atoms with E-state index in [1.165, 1.54) is 41.5 Å². The Morgan fingerprint density at radius 2 is 1.13 bits per heavy atom. The van der Waals surface area contributed by atoms with Crippen molar-refractivity contribution in [2.24, 2.45) is 5.41 Å². The molecule has 0 aliphatic carbocycles. The van der Waals surface area contributed by atoms with Gasteiger partial charge in [-0.1, -0.05) is 41.5 Å². The topological polar surface area (TPSA) is 60.4 Å². The Balaban J connectivity index is 6.48. The Labute approximate surface area is 170 Å². The van der Waals surface area contributed by atoms with Gasteiger partial charge in [-0.2, -0.15) is 47.9 Å². The second kappa shape index (κ2) is 7.71. The van der Waals surface area contributed by atoms with Gasteiger partial charge in [-0.25, -0.2) is 3.63 Å². The van der Waals surface area contributed by atoms with Gasteiger partial charge < -0.3 is 0 Å². The molecule has 0 aliphatic rings. The molecule has 0 rings (SSSR count). The third kappa shape index (κ3) is 5.03. The van der Waals surface area contributed by atoms with Gasteiger partial charge in [0.2, 0.25) is 0 Å². The Hall–Kier alpha value is -0.700. The van der Waals surface area contributed by atoms with Crippen molar-refractivity contribution in [1.29, 1.82) is 0 Å². The van der Waals surface area contributed by atoms with Crippen LogP contribution in [0.5, 0.6) is 0 Å². The van der Waals surface area contributed by atoms with E-state index in [2.05, 4.69) is 3.63 Å². The minimum absolute atomic E-state index is 0.735. The maximum Gasteiger partial charge on any atom is 0.460 e. The van der Waals surface area contributed by atoms with Gasteiger partial charge in [0, 0.05) is 10.2 Å². The Kier molecular flexibility index (Phi) is 7.53. The van der Waals surface area contributed by atoms with E-state index in [0.717, 1.165) is 6.26 Å². The second-order valence-electron chi connectivity index (χ2n) is 8.62. The molecule has 0 aliphatic heterocycles. The first-order valence-electron chi connectivity index (χ1n) is 8.03. The molecule has 182 valence electrons. The van der Waals surface area contributed by atoms with Gasteiger partial charge in [0.15, 0.2) is 0 Å². The first-order valence-corrected chi connectivity index (χ1v) is 11.6. The zero-order chi connectivity index (χ0) is 25.0. The quantitative estimate of drug-likeness (QED) is 0.430. The zero-order valence-electron chi connectivity index (χ0n) is 17.1. The Morgan fingerprint density at radius 1 is 0.767 bits per heavy atom. The van der Waals surface area contributed by atoms with Crippen LogP contribution in [0.15, 0.2) is 0 Å². The molecule has 0 aromatic heterocycles. The number of halogens is 9. The molecule has 0 heterocycles. The summed E-state index contributed by atoms with van der Waals surface area (Å²) in [5.74, 6) is -16.4. The van der Waals surface area contributed by atoms with E-state index in [0.29, 0.717) is 0 Å². The Bertz CT molecular complexity index is 762.